The van der Waals surface area contributed by atoms with Gasteiger partial charge in [0.15, 0.2) is 11.3 Å². The number of aromatic nitrogens is 5. The first kappa shape index (κ1) is 17.6. The molecule has 1 aromatic carbocycles. The Morgan fingerprint density at radius 2 is 2.07 bits per heavy atom. The zero-order valence-corrected chi connectivity index (χ0v) is 15.0. The van der Waals surface area contributed by atoms with Crippen LogP contribution in [0.2, 0.25) is 5.02 Å². The summed E-state index contributed by atoms with van der Waals surface area (Å²) in [4.78, 5) is 10.9. The predicted octanol–water partition coefficient (Wildman–Crippen LogP) is 1.39. The number of fused-ring (bicyclic) bond motifs is 1. The highest BCUT2D eigenvalue weighted by atomic mass is 35.5. The van der Waals surface area contributed by atoms with Crippen LogP contribution in [0.4, 0.5) is 11.8 Å². The van der Waals surface area contributed by atoms with Gasteiger partial charge in [-0.05, 0) is 18.9 Å². The van der Waals surface area contributed by atoms with E-state index in [4.69, 9.17) is 11.6 Å². The number of phenols is 2. The van der Waals surface area contributed by atoms with Crippen molar-refractivity contribution in [1.29, 1.82) is 0 Å². The van der Waals surface area contributed by atoms with E-state index in [-0.39, 0.29) is 35.7 Å². The van der Waals surface area contributed by atoms with Crippen molar-refractivity contribution in [2.75, 3.05) is 23.4 Å². The van der Waals surface area contributed by atoms with E-state index < -0.39 is 0 Å². The van der Waals surface area contributed by atoms with Gasteiger partial charge in [0.25, 0.3) is 0 Å². The number of nitrogens with one attached hydrogen (secondary N) is 2. The number of aliphatic hydroxyl groups is 1. The zero-order chi connectivity index (χ0) is 19.0. The van der Waals surface area contributed by atoms with Crippen molar-refractivity contribution < 1.29 is 15.3 Å². The third-order valence-corrected chi connectivity index (χ3v) is 4.91. The second-order valence-electron chi connectivity index (χ2n) is 6.33. The molecule has 0 radical (unpaired) electrons. The van der Waals surface area contributed by atoms with E-state index in [0.29, 0.717) is 28.5 Å². The number of H-pyrrole nitrogens is 1. The first-order valence-electron chi connectivity index (χ1n) is 8.47. The fourth-order valence-electron chi connectivity index (χ4n) is 3.19. The maximum Gasteiger partial charge on any atom is 0.229 e. The third kappa shape index (κ3) is 3.28. The summed E-state index contributed by atoms with van der Waals surface area (Å²) in [6, 6.07) is 2.63. The summed E-state index contributed by atoms with van der Waals surface area (Å²) >= 11 is 5.79. The van der Waals surface area contributed by atoms with Gasteiger partial charge in [-0.2, -0.15) is 20.3 Å². The number of phenolic OH excluding ortho intramolecular Hbond substituents is 2. The molecule has 3 heterocycles. The number of aromatic hydroxyl groups is 2. The van der Waals surface area contributed by atoms with Crippen molar-refractivity contribution in [2.24, 2.45) is 0 Å². The molecule has 1 saturated heterocycles. The van der Waals surface area contributed by atoms with Gasteiger partial charge in [-0.25, -0.2) is 0 Å². The van der Waals surface area contributed by atoms with Gasteiger partial charge in [-0.1, -0.05) is 11.6 Å². The van der Waals surface area contributed by atoms with Crippen LogP contribution in [0.1, 0.15) is 18.4 Å². The Morgan fingerprint density at radius 1 is 1.22 bits per heavy atom. The highest BCUT2D eigenvalue weighted by Crippen LogP contribution is 2.32. The molecule has 142 valence electrons. The molecular formula is C16H18ClN7O3. The zero-order valence-electron chi connectivity index (χ0n) is 14.2. The van der Waals surface area contributed by atoms with Crippen LogP contribution in [0.25, 0.3) is 11.2 Å². The maximum atomic E-state index is 10.0. The molecule has 0 bridgehead atoms. The van der Waals surface area contributed by atoms with Crippen LogP contribution >= 0.6 is 11.6 Å². The minimum atomic E-state index is -0.121. The maximum absolute atomic E-state index is 10.0. The molecule has 0 amide bonds. The summed E-state index contributed by atoms with van der Waals surface area (Å²) < 4.78 is 0. The smallest absolute Gasteiger partial charge is 0.229 e. The van der Waals surface area contributed by atoms with Crippen LogP contribution in [-0.4, -0.2) is 59.9 Å². The lowest BCUT2D eigenvalue weighted by Gasteiger charge is -2.23. The Labute approximate surface area is 158 Å². The van der Waals surface area contributed by atoms with Crippen molar-refractivity contribution in [2.45, 2.75) is 25.4 Å². The van der Waals surface area contributed by atoms with Gasteiger partial charge < -0.3 is 25.5 Å². The van der Waals surface area contributed by atoms with Crippen molar-refractivity contribution in [3.05, 3.63) is 22.7 Å². The first-order valence-corrected chi connectivity index (χ1v) is 8.85. The number of hydrogen-bond donors (Lipinski definition) is 5. The topological polar surface area (TPSA) is 143 Å². The minimum absolute atomic E-state index is 0.0283. The molecule has 0 aliphatic carbocycles. The standard InChI is InChI=1S/C16H18ClN7O3/c17-10-5-11(26)8(4-12(10)27)6-18-14-13-15(22-23-21-13)20-16(19-14)24-3-1-2-9(24)7-25/h4-5,9,25-27H,1-3,6-7H2,(H2,18,19,20,21,22,23). The summed E-state index contributed by atoms with van der Waals surface area (Å²) in [5, 5.41) is 43.1. The normalized spacial score (nSPS) is 17.0. The fraction of sp³-hybridized carbons (Fsp3) is 0.375. The molecule has 5 N–H and O–H groups in total. The van der Waals surface area contributed by atoms with Crippen LogP contribution in [0.3, 0.4) is 0 Å². The van der Waals surface area contributed by atoms with Gasteiger partial charge >= 0.3 is 0 Å². The fourth-order valence-corrected chi connectivity index (χ4v) is 3.35. The summed E-state index contributed by atoms with van der Waals surface area (Å²) in [5.41, 5.74) is 1.30. The van der Waals surface area contributed by atoms with Crippen LogP contribution in [-0.2, 0) is 6.54 Å². The summed E-state index contributed by atoms with van der Waals surface area (Å²) in [7, 11) is 0. The Balaban J connectivity index is 1.65. The summed E-state index contributed by atoms with van der Waals surface area (Å²) in [5.74, 6) is 0.722. The van der Waals surface area contributed by atoms with E-state index >= 15 is 0 Å². The van der Waals surface area contributed by atoms with Gasteiger partial charge in [-0.15, -0.1) is 5.10 Å². The van der Waals surface area contributed by atoms with E-state index in [0.717, 1.165) is 19.4 Å². The Kier molecular flexibility index (Phi) is 4.58. The molecule has 1 aliphatic rings. The highest BCUT2D eigenvalue weighted by molar-refractivity contribution is 6.32. The molecule has 0 saturated carbocycles. The monoisotopic (exact) mass is 391 g/mol. The number of anilines is 2. The van der Waals surface area contributed by atoms with E-state index in [1.165, 1.54) is 12.1 Å². The van der Waals surface area contributed by atoms with Crippen molar-refractivity contribution in [3.63, 3.8) is 0 Å². The highest BCUT2D eigenvalue weighted by Gasteiger charge is 2.27. The molecule has 27 heavy (non-hydrogen) atoms. The van der Waals surface area contributed by atoms with Crippen LogP contribution in [0.5, 0.6) is 11.5 Å². The number of nitrogens with zero attached hydrogens (tertiary/aromatic N) is 5. The predicted molar refractivity (Wildman–Crippen MR) is 99.0 cm³/mol. The molecule has 1 atom stereocenters. The largest absolute Gasteiger partial charge is 0.508 e. The molecule has 4 rings (SSSR count). The molecule has 1 aliphatic heterocycles. The lowest BCUT2D eigenvalue weighted by atomic mass is 10.2. The minimum Gasteiger partial charge on any atom is -0.508 e. The molecule has 1 unspecified atom stereocenters. The number of benzene rings is 1. The SMILES string of the molecule is OCC1CCCN1c1nc(NCc2cc(O)c(Cl)cc2O)c2n[nH]nc2n1. The number of hydrogen-bond acceptors (Lipinski definition) is 9. The Morgan fingerprint density at radius 3 is 2.89 bits per heavy atom. The molecule has 2 aromatic heterocycles. The molecule has 11 heteroatoms. The van der Waals surface area contributed by atoms with E-state index in [9.17, 15) is 15.3 Å². The lowest BCUT2D eigenvalue weighted by Crippen LogP contribution is -2.33. The van der Waals surface area contributed by atoms with Crippen molar-refractivity contribution in [1.82, 2.24) is 25.4 Å². The van der Waals surface area contributed by atoms with Crippen LogP contribution in [0, 0.1) is 0 Å². The van der Waals surface area contributed by atoms with Gasteiger partial charge in [0.2, 0.25) is 11.6 Å². The quantitative estimate of drug-likeness (QED) is 0.407. The van der Waals surface area contributed by atoms with Gasteiger partial charge in [0, 0.05) is 24.7 Å². The average Bonchev–Trinajstić information content (AvgIpc) is 3.31. The van der Waals surface area contributed by atoms with E-state index in [2.05, 4.69) is 30.7 Å². The summed E-state index contributed by atoms with van der Waals surface area (Å²) in [6.07, 6.45) is 1.82. The number of halogens is 1. The van der Waals surface area contributed by atoms with Gasteiger partial charge in [0.05, 0.1) is 17.7 Å². The van der Waals surface area contributed by atoms with Crippen molar-refractivity contribution >= 4 is 34.5 Å². The number of rotatable bonds is 5. The van der Waals surface area contributed by atoms with Crippen LogP contribution < -0.4 is 10.2 Å². The molecular weight excluding hydrogens is 374 g/mol. The van der Waals surface area contributed by atoms with E-state index in [1.54, 1.807) is 0 Å². The van der Waals surface area contributed by atoms with E-state index in [1.807, 2.05) is 4.90 Å². The Bertz CT molecular complexity index is 980. The number of aliphatic hydroxyl groups excluding tert-OH is 1. The molecule has 1 fully saturated rings. The third-order valence-electron chi connectivity index (χ3n) is 4.61. The second kappa shape index (κ2) is 7.05. The lowest BCUT2D eigenvalue weighted by molar-refractivity contribution is 0.265. The summed E-state index contributed by atoms with van der Waals surface area (Å²) in [6.45, 7) is 0.958. The molecule has 3 aromatic rings. The van der Waals surface area contributed by atoms with Gasteiger partial charge in [-0.3, -0.25) is 0 Å². The molecule has 10 nitrogen and oxygen atoms in total. The van der Waals surface area contributed by atoms with Crippen LogP contribution in [0.15, 0.2) is 12.1 Å². The average molecular weight is 392 g/mol. The van der Waals surface area contributed by atoms with Crippen molar-refractivity contribution in [3.8, 4) is 11.5 Å². The number of aromatic amines is 1. The Hall–Kier alpha value is -2.85. The second-order valence-corrected chi connectivity index (χ2v) is 6.73. The molecule has 0 spiro atoms. The van der Waals surface area contributed by atoms with Gasteiger partial charge in [0.1, 0.15) is 11.5 Å². The first-order chi connectivity index (χ1) is 13.1.